The number of nitrogens with one attached hydrogen (secondary N) is 1. The van der Waals surface area contributed by atoms with Crippen LogP contribution in [0.15, 0.2) is 83.3 Å². The van der Waals surface area contributed by atoms with Crippen LogP contribution in [0.5, 0.6) is 0 Å². The Hall–Kier alpha value is -1.37. The van der Waals surface area contributed by atoms with Crippen LogP contribution in [0.25, 0.3) is 0 Å². The summed E-state index contributed by atoms with van der Waals surface area (Å²) in [7, 11) is 0. The molecule has 0 amide bonds. The molecule has 0 bridgehead atoms. The second-order valence-corrected chi connectivity index (χ2v) is 8.08. The molecule has 128 valence electrons. The van der Waals surface area contributed by atoms with Gasteiger partial charge in [0.15, 0.2) is 0 Å². The van der Waals surface area contributed by atoms with Crippen molar-refractivity contribution in [3.63, 3.8) is 0 Å². The maximum absolute atomic E-state index is 10.7. The zero-order valence-corrected chi connectivity index (χ0v) is 17.3. The van der Waals surface area contributed by atoms with Crippen molar-refractivity contribution in [2.45, 2.75) is 18.6 Å². The topological polar surface area (TPSA) is 32.3 Å². The monoisotopic (exact) mass is 507 g/mol. The quantitative estimate of drug-likeness (QED) is 0.382. The van der Waals surface area contributed by atoms with E-state index in [1.807, 2.05) is 42.5 Å². The first-order valence-electron chi connectivity index (χ1n) is 8.12. The molecule has 2 N–H and O–H groups in total. The summed E-state index contributed by atoms with van der Waals surface area (Å²) in [6, 6.07) is 26.4. The Morgan fingerprint density at radius 2 is 1.48 bits per heavy atom. The average molecular weight is 508 g/mol. The maximum Gasteiger partial charge on any atom is 0.0812 e. The molecule has 0 saturated carbocycles. The Bertz CT molecular complexity index is 790. The van der Waals surface area contributed by atoms with Crippen LogP contribution >= 0.6 is 38.5 Å². The normalized spacial score (nSPS) is 13.2. The third-order valence-electron chi connectivity index (χ3n) is 4.10. The minimum Gasteiger partial charge on any atom is -0.388 e. The second-order valence-electron chi connectivity index (χ2n) is 5.92. The van der Waals surface area contributed by atoms with Crippen molar-refractivity contribution in [3.8, 4) is 0 Å². The number of aliphatic hydroxyl groups is 1. The second kappa shape index (κ2) is 8.83. The smallest absolute Gasteiger partial charge is 0.0812 e. The molecule has 3 aromatic rings. The Morgan fingerprint density at radius 1 is 0.840 bits per heavy atom. The Labute approximate surface area is 170 Å². The van der Waals surface area contributed by atoms with E-state index in [9.17, 15) is 5.11 Å². The van der Waals surface area contributed by atoms with E-state index in [-0.39, 0.29) is 6.04 Å². The van der Waals surface area contributed by atoms with Gasteiger partial charge < -0.3 is 10.4 Å². The minimum atomic E-state index is -0.522. The van der Waals surface area contributed by atoms with Gasteiger partial charge in [-0.1, -0.05) is 58.4 Å². The summed E-state index contributed by atoms with van der Waals surface area (Å²) in [6.07, 6.45) is 0.0728. The molecule has 2 nitrogen and oxygen atoms in total. The van der Waals surface area contributed by atoms with Gasteiger partial charge in [0.2, 0.25) is 0 Å². The standard InChI is InChI=1S/C21H19BrINO/c22-17-8-6-15(7-9-17)20(24-19-12-10-18(23)11-13-19)14-21(25)16-4-2-1-3-5-16/h1-13,20-21,24-25H,14H2. The first kappa shape index (κ1) is 18.4. The highest BCUT2D eigenvalue weighted by atomic mass is 127. The molecule has 2 unspecified atom stereocenters. The first-order chi connectivity index (χ1) is 12.1. The Balaban J connectivity index is 1.83. The van der Waals surface area contributed by atoms with E-state index >= 15 is 0 Å². The number of hydrogen-bond donors (Lipinski definition) is 2. The fraction of sp³-hybridized carbons (Fsp3) is 0.143. The molecular formula is C21H19BrINO. The van der Waals surface area contributed by atoms with Crippen LogP contribution in [0.2, 0.25) is 0 Å². The minimum absolute atomic E-state index is 0.0170. The number of hydrogen-bond acceptors (Lipinski definition) is 2. The Morgan fingerprint density at radius 3 is 2.12 bits per heavy atom. The predicted molar refractivity (Wildman–Crippen MR) is 116 cm³/mol. The van der Waals surface area contributed by atoms with Crippen LogP contribution in [0.3, 0.4) is 0 Å². The van der Waals surface area contributed by atoms with Crippen molar-refractivity contribution in [2.75, 3.05) is 5.32 Å². The molecule has 0 aliphatic carbocycles. The average Bonchev–Trinajstić information content (AvgIpc) is 2.64. The molecule has 4 heteroatoms. The summed E-state index contributed by atoms with van der Waals surface area (Å²) in [5.74, 6) is 0. The van der Waals surface area contributed by atoms with Gasteiger partial charge in [-0.05, 0) is 70.1 Å². The lowest BCUT2D eigenvalue weighted by Gasteiger charge is -2.24. The van der Waals surface area contributed by atoms with Gasteiger partial charge in [0.25, 0.3) is 0 Å². The first-order valence-corrected chi connectivity index (χ1v) is 9.99. The van der Waals surface area contributed by atoms with E-state index in [1.54, 1.807) is 0 Å². The molecule has 3 aromatic carbocycles. The molecular weight excluding hydrogens is 489 g/mol. The third kappa shape index (κ3) is 5.30. The molecule has 0 fully saturated rings. The van der Waals surface area contributed by atoms with Gasteiger partial charge in [0.1, 0.15) is 0 Å². The Kier molecular flexibility index (Phi) is 6.51. The molecule has 0 aliphatic rings. The van der Waals surface area contributed by atoms with Crippen molar-refractivity contribution in [3.05, 3.63) is 98.0 Å². The molecule has 0 spiro atoms. The van der Waals surface area contributed by atoms with Gasteiger partial charge >= 0.3 is 0 Å². The summed E-state index contributed by atoms with van der Waals surface area (Å²) in [4.78, 5) is 0. The molecule has 0 radical (unpaired) electrons. The van der Waals surface area contributed by atoms with Crippen molar-refractivity contribution >= 4 is 44.2 Å². The number of benzene rings is 3. The van der Waals surface area contributed by atoms with Crippen LogP contribution in [0.1, 0.15) is 29.7 Å². The fourth-order valence-electron chi connectivity index (χ4n) is 2.76. The lowest BCUT2D eigenvalue weighted by atomic mass is 9.96. The molecule has 0 saturated heterocycles. The zero-order valence-electron chi connectivity index (χ0n) is 13.6. The van der Waals surface area contributed by atoms with Gasteiger partial charge in [0.05, 0.1) is 12.1 Å². The summed E-state index contributed by atoms with van der Waals surface area (Å²) in [6.45, 7) is 0. The van der Waals surface area contributed by atoms with Gasteiger partial charge in [-0.15, -0.1) is 0 Å². The van der Waals surface area contributed by atoms with Crippen molar-refractivity contribution in [1.82, 2.24) is 0 Å². The summed E-state index contributed by atoms with van der Waals surface area (Å²) >= 11 is 5.79. The van der Waals surface area contributed by atoms with E-state index < -0.39 is 6.10 Å². The molecule has 0 aliphatic heterocycles. The number of rotatable bonds is 6. The van der Waals surface area contributed by atoms with Gasteiger partial charge in [-0.25, -0.2) is 0 Å². The predicted octanol–water partition coefficient (Wildman–Crippen LogP) is 6.33. The fourth-order valence-corrected chi connectivity index (χ4v) is 3.38. The van der Waals surface area contributed by atoms with Gasteiger partial charge in [0, 0.05) is 20.2 Å². The van der Waals surface area contributed by atoms with E-state index in [2.05, 4.69) is 80.2 Å². The van der Waals surface area contributed by atoms with E-state index in [0.29, 0.717) is 6.42 Å². The maximum atomic E-state index is 10.7. The lowest BCUT2D eigenvalue weighted by molar-refractivity contribution is 0.160. The largest absolute Gasteiger partial charge is 0.388 e. The van der Waals surface area contributed by atoms with Crippen LogP contribution in [-0.4, -0.2) is 5.11 Å². The van der Waals surface area contributed by atoms with Crippen LogP contribution in [0, 0.1) is 3.57 Å². The van der Waals surface area contributed by atoms with Gasteiger partial charge in [-0.2, -0.15) is 0 Å². The highest BCUT2D eigenvalue weighted by Gasteiger charge is 2.18. The van der Waals surface area contributed by atoms with Crippen LogP contribution in [-0.2, 0) is 0 Å². The van der Waals surface area contributed by atoms with Crippen LogP contribution in [0.4, 0.5) is 5.69 Å². The number of aliphatic hydroxyl groups excluding tert-OH is 1. The number of halogens is 2. The molecule has 25 heavy (non-hydrogen) atoms. The van der Waals surface area contributed by atoms with E-state index in [4.69, 9.17) is 0 Å². The SMILES string of the molecule is OC(CC(Nc1ccc(I)cc1)c1ccc(Br)cc1)c1ccccc1. The molecule has 0 aromatic heterocycles. The lowest BCUT2D eigenvalue weighted by Crippen LogP contribution is -2.15. The van der Waals surface area contributed by atoms with E-state index in [1.165, 1.54) is 3.57 Å². The highest BCUT2D eigenvalue weighted by Crippen LogP contribution is 2.30. The zero-order chi connectivity index (χ0) is 17.6. The molecule has 0 heterocycles. The van der Waals surface area contributed by atoms with Crippen molar-refractivity contribution in [2.24, 2.45) is 0 Å². The van der Waals surface area contributed by atoms with Crippen molar-refractivity contribution in [1.29, 1.82) is 0 Å². The van der Waals surface area contributed by atoms with Crippen molar-refractivity contribution < 1.29 is 5.11 Å². The molecule has 3 rings (SSSR count). The summed E-state index contributed by atoms with van der Waals surface area (Å²) < 4.78 is 2.25. The highest BCUT2D eigenvalue weighted by molar-refractivity contribution is 14.1. The number of anilines is 1. The summed E-state index contributed by atoms with van der Waals surface area (Å²) in [5, 5.41) is 14.2. The van der Waals surface area contributed by atoms with Crippen LogP contribution < -0.4 is 5.32 Å². The van der Waals surface area contributed by atoms with E-state index in [0.717, 1.165) is 21.3 Å². The molecule has 2 atom stereocenters. The summed E-state index contributed by atoms with van der Waals surface area (Å²) in [5.41, 5.74) is 3.14. The van der Waals surface area contributed by atoms with Gasteiger partial charge in [-0.3, -0.25) is 0 Å². The third-order valence-corrected chi connectivity index (χ3v) is 5.35.